The molecule has 0 aromatic carbocycles. The molecule has 2 saturated heterocycles. The van der Waals surface area contributed by atoms with E-state index in [1.807, 2.05) is 23.3 Å². The molecule has 7 nitrogen and oxygen atoms in total. The molecule has 164 valence electrons. The fourth-order valence-corrected chi connectivity index (χ4v) is 4.38. The van der Waals surface area contributed by atoms with Gasteiger partial charge in [0.05, 0.1) is 12.1 Å². The number of aryl methyl sites for hydroxylation is 1. The van der Waals surface area contributed by atoms with Crippen molar-refractivity contribution in [1.29, 1.82) is 0 Å². The van der Waals surface area contributed by atoms with Gasteiger partial charge in [-0.15, -0.1) is 11.3 Å². The summed E-state index contributed by atoms with van der Waals surface area (Å²) in [5.41, 5.74) is 2.32. The third-order valence-electron chi connectivity index (χ3n) is 5.23. The van der Waals surface area contributed by atoms with Crippen LogP contribution in [0.3, 0.4) is 0 Å². The fourth-order valence-electron chi connectivity index (χ4n) is 3.85. The predicted molar refractivity (Wildman–Crippen MR) is 102 cm³/mol. The number of nitrogens with zero attached hydrogens (tertiary/aromatic N) is 3. The lowest BCUT2D eigenvalue weighted by atomic mass is 9.88. The quantitative estimate of drug-likeness (QED) is 0.781. The number of aliphatic carboxylic acids is 1. The highest BCUT2D eigenvalue weighted by atomic mass is 32.1. The number of fused-ring (bicyclic) bond motifs is 1. The summed E-state index contributed by atoms with van der Waals surface area (Å²) in [5.74, 6) is 0.610. The van der Waals surface area contributed by atoms with Crippen LogP contribution in [-0.2, 0) is 11.3 Å². The van der Waals surface area contributed by atoms with Gasteiger partial charge in [-0.25, -0.2) is 9.78 Å². The zero-order valence-electron chi connectivity index (χ0n) is 16.3. The maximum Gasteiger partial charge on any atom is 0.490 e. The van der Waals surface area contributed by atoms with Gasteiger partial charge >= 0.3 is 12.1 Å². The second kappa shape index (κ2) is 9.17. The van der Waals surface area contributed by atoms with Crippen molar-refractivity contribution in [1.82, 2.24) is 14.8 Å². The van der Waals surface area contributed by atoms with Gasteiger partial charge in [0.1, 0.15) is 17.2 Å². The Labute approximate surface area is 175 Å². The minimum atomic E-state index is -5.08. The number of rotatable bonds is 3. The molecule has 2 aliphatic heterocycles. The molecule has 2 atom stereocenters. The third-order valence-corrected chi connectivity index (χ3v) is 5.82. The fraction of sp³-hybridized carbons (Fsp3) is 0.526. The van der Waals surface area contributed by atoms with Crippen LogP contribution in [0.25, 0.3) is 0 Å². The summed E-state index contributed by atoms with van der Waals surface area (Å²) in [5, 5.41) is 8.97. The number of carbonyl (C=O) groups is 2. The smallest absolute Gasteiger partial charge is 0.475 e. The highest BCUT2D eigenvalue weighted by Crippen LogP contribution is 2.32. The first kappa shape index (κ1) is 22.3. The number of thiazole rings is 1. The standard InChI is InChI=1S/C17H21N3O2S.C2HF3O2/c1-12-2-3-15(22-12)9-19-6-13-4-5-20(8-14(13)7-19)17(21)16-10-23-11-18-16;3-2(4,5)1(6)7/h2-3,10-11,13-14H,4-9H2,1H3;(H,6,7)/t13-,14-;/m1./s1. The van der Waals surface area contributed by atoms with Gasteiger partial charge in [-0.1, -0.05) is 0 Å². The lowest BCUT2D eigenvalue weighted by Crippen LogP contribution is -2.43. The number of piperidine rings is 1. The van der Waals surface area contributed by atoms with Crippen LogP contribution in [0, 0.1) is 18.8 Å². The van der Waals surface area contributed by atoms with Crippen molar-refractivity contribution < 1.29 is 32.3 Å². The van der Waals surface area contributed by atoms with E-state index in [2.05, 4.69) is 16.0 Å². The highest BCUT2D eigenvalue weighted by molar-refractivity contribution is 7.07. The number of hydrogen-bond donors (Lipinski definition) is 1. The van der Waals surface area contributed by atoms with Gasteiger partial charge in [-0.05, 0) is 37.3 Å². The molecular formula is C19H22F3N3O4S. The van der Waals surface area contributed by atoms with E-state index in [4.69, 9.17) is 14.3 Å². The molecule has 0 saturated carbocycles. The first-order valence-electron chi connectivity index (χ1n) is 9.38. The lowest BCUT2D eigenvalue weighted by molar-refractivity contribution is -0.192. The topological polar surface area (TPSA) is 86.9 Å². The molecule has 0 bridgehead atoms. The molecule has 2 aliphatic rings. The van der Waals surface area contributed by atoms with Crippen LogP contribution < -0.4 is 0 Å². The van der Waals surface area contributed by atoms with Crippen LogP contribution in [0.2, 0.25) is 0 Å². The molecule has 2 aromatic rings. The van der Waals surface area contributed by atoms with Crippen molar-refractivity contribution in [2.24, 2.45) is 11.8 Å². The first-order chi connectivity index (χ1) is 14.1. The molecule has 30 heavy (non-hydrogen) atoms. The summed E-state index contributed by atoms with van der Waals surface area (Å²) >= 11 is 1.48. The Morgan fingerprint density at radius 1 is 1.27 bits per heavy atom. The van der Waals surface area contributed by atoms with Crippen molar-refractivity contribution in [2.75, 3.05) is 26.2 Å². The summed E-state index contributed by atoms with van der Waals surface area (Å²) in [6.45, 7) is 6.73. The van der Waals surface area contributed by atoms with E-state index in [1.54, 1.807) is 5.51 Å². The van der Waals surface area contributed by atoms with Crippen LogP contribution in [0.4, 0.5) is 13.2 Å². The van der Waals surface area contributed by atoms with Crippen LogP contribution in [0.15, 0.2) is 27.4 Å². The minimum Gasteiger partial charge on any atom is -0.475 e. The second-order valence-corrected chi connectivity index (χ2v) is 8.16. The first-order valence-corrected chi connectivity index (χ1v) is 10.3. The average molecular weight is 445 g/mol. The van der Waals surface area contributed by atoms with E-state index in [0.717, 1.165) is 50.7 Å². The van der Waals surface area contributed by atoms with Crippen LogP contribution in [-0.4, -0.2) is 64.1 Å². The zero-order valence-corrected chi connectivity index (χ0v) is 17.1. The summed E-state index contributed by atoms with van der Waals surface area (Å²) in [4.78, 5) is 30.0. The number of halogens is 3. The van der Waals surface area contributed by atoms with Gasteiger partial charge in [-0.2, -0.15) is 13.2 Å². The third kappa shape index (κ3) is 5.60. The maximum absolute atomic E-state index is 12.5. The zero-order chi connectivity index (χ0) is 21.9. The number of aromatic nitrogens is 1. The van der Waals surface area contributed by atoms with E-state index in [9.17, 15) is 18.0 Å². The SMILES string of the molecule is Cc1ccc(CN2C[C@H]3CCN(C(=O)c4cscn4)C[C@H]3C2)o1.O=C(O)C(F)(F)F. The van der Waals surface area contributed by atoms with Crippen LogP contribution in [0.1, 0.15) is 28.4 Å². The van der Waals surface area contributed by atoms with Crippen molar-refractivity contribution in [2.45, 2.75) is 26.1 Å². The highest BCUT2D eigenvalue weighted by Gasteiger charge is 2.39. The number of amides is 1. The van der Waals surface area contributed by atoms with Crippen molar-refractivity contribution in [3.63, 3.8) is 0 Å². The number of carboxylic acid groups (broad SMARTS) is 1. The summed E-state index contributed by atoms with van der Waals surface area (Å²) in [6.07, 6.45) is -3.99. The molecule has 4 rings (SSSR count). The van der Waals surface area contributed by atoms with Gasteiger partial charge in [0.2, 0.25) is 0 Å². The molecule has 0 aliphatic carbocycles. The van der Waals surface area contributed by atoms with Crippen molar-refractivity contribution in [3.8, 4) is 0 Å². The molecule has 1 amide bonds. The number of carboxylic acids is 1. The molecule has 0 spiro atoms. The summed E-state index contributed by atoms with van der Waals surface area (Å²) in [6, 6.07) is 4.09. The lowest BCUT2D eigenvalue weighted by Gasteiger charge is -2.34. The molecule has 0 radical (unpaired) electrons. The van der Waals surface area contributed by atoms with E-state index < -0.39 is 12.1 Å². The van der Waals surface area contributed by atoms with E-state index in [1.165, 1.54) is 11.3 Å². The Morgan fingerprint density at radius 3 is 2.53 bits per heavy atom. The predicted octanol–water partition coefficient (Wildman–Crippen LogP) is 3.27. The maximum atomic E-state index is 12.5. The Hall–Kier alpha value is -2.40. The molecule has 11 heteroatoms. The van der Waals surface area contributed by atoms with Gasteiger partial charge in [0, 0.05) is 31.6 Å². The Morgan fingerprint density at radius 2 is 1.97 bits per heavy atom. The van der Waals surface area contributed by atoms with E-state index in [-0.39, 0.29) is 5.91 Å². The molecule has 2 fully saturated rings. The molecule has 4 heterocycles. The number of likely N-dealkylation sites (tertiary alicyclic amines) is 2. The van der Waals surface area contributed by atoms with Gasteiger partial charge in [-0.3, -0.25) is 9.69 Å². The molecule has 2 aromatic heterocycles. The van der Waals surface area contributed by atoms with Gasteiger partial charge in [0.15, 0.2) is 0 Å². The van der Waals surface area contributed by atoms with Crippen molar-refractivity contribution >= 4 is 23.2 Å². The van der Waals surface area contributed by atoms with E-state index in [0.29, 0.717) is 17.5 Å². The second-order valence-electron chi connectivity index (χ2n) is 7.44. The van der Waals surface area contributed by atoms with Crippen LogP contribution >= 0.6 is 11.3 Å². The van der Waals surface area contributed by atoms with Crippen LogP contribution in [0.5, 0.6) is 0 Å². The van der Waals surface area contributed by atoms with Crippen molar-refractivity contribution in [3.05, 3.63) is 40.2 Å². The number of carbonyl (C=O) groups excluding carboxylic acids is 1. The average Bonchev–Trinajstić information content (AvgIpc) is 3.41. The summed E-state index contributed by atoms with van der Waals surface area (Å²) in [7, 11) is 0. The molecule has 0 unspecified atom stereocenters. The van der Waals surface area contributed by atoms with Gasteiger partial charge < -0.3 is 14.4 Å². The number of hydrogen-bond acceptors (Lipinski definition) is 6. The largest absolute Gasteiger partial charge is 0.490 e. The number of alkyl halides is 3. The number of furan rings is 1. The van der Waals surface area contributed by atoms with Gasteiger partial charge in [0.25, 0.3) is 5.91 Å². The Bertz CT molecular complexity index is 869. The normalized spacial score (nSPS) is 21.7. The molecule has 1 N–H and O–H groups in total. The molecular weight excluding hydrogens is 423 g/mol. The van der Waals surface area contributed by atoms with E-state index >= 15 is 0 Å². The Kier molecular flexibility index (Phi) is 6.81. The minimum absolute atomic E-state index is 0.0878. The Balaban J connectivity index is 0.000000318. The monoisotopic (exact) mass is 445 g/mol. The summed E-state index contributed by atoms with van der Waals surface area (Å²) < 4.78 is 37.4.